The summed E-state index contributed by atoms with van der Waals surface area (Å²) in [6.07, 6.45) is 2.55. The van der Waals surface area contributed by atoms with Gasteiger partial charge in [0, 0.05) is 30.7 Å². The molecule has 1 atom stereocenters. The Kier molecular flexibility index (Phi) is 7.51. The van der Waals surface area contributed by atoms with Crippen molar-refractivity contribution < 1.29 is 9.53 Å². The highest BCUT2D eigenvalue weighted by molar-refractivity contribution is 7.99. The molecule has 0 radical (unpaired) electrons. The average Bonchev–Trinajstić information content (AvgIpc) is 3.14. The molecule has 1 N–H and O–H groups in total. The van der Waals surface area contributed by atoms with Gasteiger partial charge in [0.15, 0.2) is 5.16 Å². The van der Waals surface area contributed by atoms with Crippen molar-refractivity contribution in [1.82, 2.24) is 25.0 Å². The number of nitrogens with one attached hydrogen (secondary N) is 1. The highest BCUT2D eigenvalue weighted by Crippen LogP contribution is 2.21. The normalized spacial score (nSPS) is 16.2. The highest BCUT2D eigenvalue weighted by atomic mass is 35.5. The minimum absolute atomic E-state index is 0.00452. The Morgan fingerprint density at radius 3 is 3.00 bits per heavy atom. The zero-order valence-corrected chi connectivity index (χ0v) is 16.9. The van der Waals surface area contributed by atoms with Crippen LogP contribution in [0, 0.1) is 0 Å². The molecule has 2 heterocycles. The average molecular weight is 410 g/mol. The van der Waals surface area contributed by atoms with Crippen LogP contribution in [-0.2, 0) is 9.53 Å². The quantitative estimate of drug-likeness (QED) is 0.674. The number of halogens is 1. The van der Waals surface area contributed by atoms with Crippen molar-refractivity contribution >= 4 is 29.3 Å². The van der Waals surface area contributed by atoms with Gasteiger partial charge in [-0.25, -0.2) is 0 Å². The number of amides is 1. The fraction of sp³-hybridized carbons (Fsp3) is 0.500. The van der Waals surface area contributed by atoms with Crippen LogP contribution in [-0.4, -0.2) is 70.2 Å². The number of nitrogens with zero attached hydrogens (tertiary/aromatic N) is 4. The Hall–Kier alpha value is -1.61. The SMILES string of the molecule is CC(CCN1CCOCC1)NC(=O)CSc1nncn1-c1cccc(Cl)c1. The van der Waals surface area contributed by atoms with Crippen LogP contribution in [0.1, 0.15) is 13.3 Å². The number of hydrogen-bond donors (Lipinski definition) is 1. The first-order chi connectivity index (χ1) is 13.1. The van der Waals surface area contributed by atoms with E-state index in [9.17, 15) is 4.79 Å². The van der Waals surface area contributed by atoms with E-state index < -0.39 is 0 Å². The molecule has 146 valence electrons. The molecule has 1 unspecified atom stereocenters. The Morgan fingerprint density at radius 1 is 1.41 bits per heavy atom. The van der Waals surface area contributed by atoms with E-state index in [1.54, 1.807) is 6.33 Å². The number of benzene rings is 1. The number of carbonyl (C=O) groups is 1. The second-order valence-corrected chi connectivity index (χ2v) is 7.84. The number of thioether (sulfide) groups is 1. The Morgan fingerprint density at radius 2 is 2.22 bits per heavy atom. The van der Waals surface area contributed by atoms with Gasteiger partial charge in [-0.1, -0.05) is 29.4 Å². The van der Waals surface area contributed by atoms with Crippen LogP contribution in [0.2, 0.25) is 5.02 Å². The number of aromatic nitrogens is 3. The summed E-state index contributed by atoms with van der Waals surface area (Å²) in [6.45, 7) is 6.54. The van der Waals surface area contributed by atoms with Crippen LogP contribution < -0.4 is 5.32 Å². The van der Waals surface area contributed by atoms with Crippen molar-refractivity contribution in [3.8, 4) is 5.69 Å². The summed E-state index contributed by atoms with van der Waals surface area (Å²) in [7, 11) is 0. The molecule has 1 aromatic carbocycles. The van der Waals surface area contributed by atoms with Crippen LogP contribution in [0.3, 0.4) is 0 Å². The summed E-state index contributed by atoms with van der Waals surface area (Å²) >= 11 is 7.41. The van der Waals surface area contributed by atoms with Crippen LogP contribution >= 0.6 is 23.4 Å². The van der Waals surface area contributed by atoms with Gasteiger partial charge in [-0.15, -0.1) is 10.2 Å². The molecule has 7 nitrogen and oxygen atoms in total. The molecule has 9 heteroatoms. The maximum Gasteiger partial charge on any atom is 0.230 e. The lowest BCUT2D eigenvalue weighted by Crippen LogP contribution is -2.40. The molecule has 1 amide bonds. The van der Waals surface area contributed by atoms with Crippen molar-refractivity contribution in [3.63, 3.8) is 0 Å². The molecule has 0 aliphatic carbocycles. The number of hydrogen-bond acceptors (Lipinski definition) is 6. The van der Waals surface area contributed by atoms with Crippen molar-refractivity contribution in [2.24, 2.45) is 0 Å². The van der Waals surface area contributed by atoms with Crippen LogP contribution in [0.4, 0.5) is 0 Å². The van der Waals surface area contributed by atoms with Gasteiger partial charge in [0.25, 0.3) is 0 Å². The first-order valence-electron chi connectivity index (χ1n) is 9.00. The van der Waals surface area contributed by atoms with Gasteiger partial charge in [-0.3, -0.25) is 14.3 Å². The van der Waals surface area contributed by atoms with Gasteiger partial charge in [-0.2, -0.15) is 0 Å². The molecular formula is C18H24ClN5O2S. The van der Waals surface area contributed by atoms with E-state index in [-0.39, 0.29) is 11.9 Å². The predicted molar refractivity (Wildman–Crippen MR) is 107 cm³/mol. The van der Waals surface area contributed by atoms with Crippen LogP contribution in [0.15, 0.2) is 35.7 Å². The zero-order chi connectivity index (χ0) is 19.1. The van der Waals surface area contributed by atoms with Gasteiger partial charge in [0.2, 0.25) is 5.91 Å². The first-order valence-corrected chi connectivity index (χ1v) is 10.4. The lowest BCUT2D eigenvalue weighted by molar-refractivity contribution is -0.119. The third-order valence-electron chi connectivity index (χ3n) is 4.32. The standard InChI is InChI=1S/C18H24ClN5O2S/c1-14(5-6-23-7-9-26-10-8-23)21-17(25)12-27-18-22-20-13-24(18)16-4-2-3-15(19)11-16/h2-4,11,13-14H,5-10,12H2,1H3,(H,21,25). The Bertz CT molecular complexity index is 751. The van der Waals surface area contributed by atoms with Gasteiger partial charge in [-0.05, 0) is 31.5 Å². The number of rotatable bonds is 8. The molecule has 1 fully saturated rings. The lowest BCUT2D eigenvalue weighted by atomic mass is 10.2. The van der Waals surface area contributed by atoms with Gasteiger partial charge in [0.05, 0.1) is 24.7 Å². The summed E-state index contributed by atoms with van der Waals surface area (Å²) in [5, 5.41) is 12.4. The number of morpholine rings is 1. The summed E-state index contributed by atoms with van der Waals surface area (Å²) in [5.74, 6) is 0.288. The molecule has 1 saturated heterocycles. The largest absolute Gasteiger partial charge is 0.379 e. The van der Waals surface area contributed by atoms with Crippen molar-refractivity contribution in [2.45, 2.75) is 24.5 Å². The lowest BCUT2D eigenvalue weighted by Gasteiger charge is -2.27. The molecule has 0 bridgehead atoms. The van der Waals surface area contributed by atoms with E-state index in [1.165, 1.54) is 11.8 Å². The minimum Gasteiger partial charge on any atom is -0.379 e. The molecule has 2 aromatic rings. The van der Waals surface area contributed by atoms with Crippen molar-refractivity contribution in [3.05, 3.63) is 35.6 Å². The molecule has 0 spiro atoms. The van der Waals surface area contributed by atoms with Gasteiger partial charge >= 0.3 is 0 Å². The molecule has 3 rings (SSSR count). The van der Waals surface area contributed by atoms with E-state index in [2.05, 4.69) is 20.4 Å². The topological polar surface area (TPSA) is 72.3 Å². The highest BCUT2D eigenvalue weighted by Gasteiger charge is 2.14. The van der Waals surface area contributed by atoms with E-state index in [0.717, 1.165) is 45.0 Å². The minimum atomic E-state index is -0.00452. The molecule has 27 heavy (non-hydrogen) atoms. The zero-order valence-electron chi connectivity index (χ0n) is 15.3. The van der Waals surface area contributed by atoms with Crippen LogP contribution in [0.25, 0.3) is 5.69 Å². The number of ether oxygens (including phenoxy) is 1. The van der Waals surface area contributed by atoms with Crippen molar-refractivity contribution in [2.75, 3.05) is 38.6 Å². The molecule has 0 saturated carbocycles. The molecule has 1 aliphatic heterocycles. The smallest absolute Gasteiger partial charge is 0.230 e. The molecule has 1 aromatic heterocycles. The van der Waals surface area contributed by atoms with Gasteiger partial charge < -0.3 is 10.1 Å². The van der Waals surface area contributed by atoms with E-state index in [1.807, 2.05) is 35.8 Å². The monoisotopic (exact) mass is 409 g/mol. The fourth-order valence-corrected chi connectivity index (χ4v) is 3.77. The second kappa shape index (κ2) is 10.1. The summed E-state index contributed by atoms with van der Waals surface area (Å²) in [6, 6.07) is 7.57. The Labute approximate surface area is 168 Å². The summed E-state index contributed by atoms with van der Waals surface area (Å²) in [5.41, 5.74) is 0.870. The van der Waals surface area contributed by atoms with Gasteiger partial charge in [0.1, 0.15) is 6.33 Å². The third-order valence-corrected chi connectivity index (χ3v) is 5.50. The van der Waals surface area contributed by atoms with E-state index in [4.69, 9.17) is 16.3 Å². The van der Waals surface area contributed by atoms with Crippen LogP contribution in [0.5, 0.6) is 0 Å². The molecule has 1 aliphatic rings. The first kappa shape index (κ1) is 20.1. The van der Waals surface area contributed by atoms with E-state index in [0.29, 0.717) is 15.9 Å². The molecular weight excluding hydrogens is 386 g/mol. The predicted octanol–water partition coefficient (Wildman–Crippen LogP) is 2.24. The number of carbonyl (C=O) groups excluding carboxylic acids is 1. The third kappa shape index (κ3) is 6.21. The Balaban J connectivity index is 1.45. The maximum atomic E-state index is 12.3. The second-order valence-electron chi connectivity index (χ2n) is 6.46. The fourth-order valence-electron chi connectivity index (χ4n) is 2.85. The van der Waals surface area contributed by atoms with Crippen molar-refractivity contribution in [1.29, 1.82) is 0 Å². The van der Waals surface area contributed by atoms with E-state index >= 15 is 0 Å². The maximum absolute atomic E-state index is 12.3. The summed E-state index contributed by atoms with van der Waals surface area (Å²) in [4.78, 5) is 14.6. The summed E-state index contributed by atoms with van der Waals surface area (Å²) < 4.78 is 7.18.